The van der Waals surface area contributed by atoms with Crippen LogP contribution in [0.25, 0.3) is 0 Å². The number of carboxylic acids is 1. The van der Waals surface area contributed by atoms with Gasteiger partial charge in [-0.15, -0.1) is 23.5 Å². The predicted octanol–water partition coefficient (Wildman–Crippen LogP) is 2.35. The van der Waals surface area contributed by atoms with Crippen molar-refractivity contribution < 1.29 is 48.2 Å². The molecule has 2 atom stereocenters. The van der Waals surface area contributed by atoms with Crippen LogP contribution in [-0.2, 0) is 37.1 Å². The number of likely N-dealkylation sites (tertiary alicyclic amines) is 1. The number of benzene rings is 2. The van der Waals surface area contributed by atoms with Crippen molar-refractivity contribution in [3.05, 3.63) is 101 Å². The Balaban J connectivity index is 1.04. The number of aromatic nitrogens is 1. The molecule has 258 valence electrons. The smallest absolute Gasteiger partial charge is 0.352 e. The quantitative estimate of drug-likeness (QED) is 0.0649. The fourth-order valence-corrected chi connectivity index (χ4v) is 7.71. The Bertz CT molecular complexity index is 1940. The summed E-state index contributed by atoms with van der Waals surface area (Å²) in [4.78, 5) is 67.2. The van der Waals surface area contributed by atoms with Crippen LogP contribution in [0.1, 0.15) is 12.0 Å². The lowest BCUT2D eigenvalue weighted by Gasteiger charge is -2.49. The van der Waals surface area contributed by atoms with Gasteiger partial charge in [0.2, 0.25) is 18.4 Å². The van der Waals surface area contributed by atoms with Crippen LogP contribution in [-0.4, -0.2) is 84.2 Å². The van der Waals surface area contributed by atoms with E-state index in [4.69, 9.17) is 0 Å². The lowest BCUT2D eigenvalue weighted by molar-refractivity contribution is -0.684. The SMILES string of the molecule is O=C(C[n+]1ccc(CN2CCC(=CC3=C(C(=O)O)N4C(=O)[C@@H](NC(=O)CSc5ccc(O)cc5)[C@H]4SC3)C2=O)cc1)Nc1ccc(O)c(F)c1. The van der Waals surface area contributed by atoms with E-state index in [9.17, 15) is 43.7 Å². The van der Waals surface area contributed by atoms with Gasteiger partial charge in [0.25, 0.3) is 11.8 Å². The molecule has 2 fully saturated rings. The zero-order valence-electron chi connectivity index (χ0n) is 26.2. The maximum absolute atomic E-state index is 13.6. The predicted molar refractivity (Wildman–Crippen MR) is 180 cm³/mol. The first-order chi connectivity index (χ1) is 24.0. The Morgan fingerprint density at radius 3 is 2.48 bits per heavy atom. The number of amides is 4. The summed E-state index contributed by atoms with van der Waals surface area (Å²) in [5, 5.41) is 33.5. The average Bonchev–Trinajstić information content (AvgIpc) is 3.43. The molecule has 0 bridgehead atoms. The number of thioether (sulfide) groups is 2. The summed E-state index contributed by atoms with van der Waals surface area (Å²) in [6, 6.07) is 12.6. The maximum Gasteiger partial charge on any atom is 0.352 e. The fraction of sp³-hybridized carbons (Fsp3) is 0.235. The second kappa shape index (κ2) is 14.6. The van der Waals surface area contributed by atoms with Gasteiger partial charge in [-0.1, -0.05) is 0 Å². The number of aromatic hydroxyl groups is 2. The molecule has 1 aromatic heterocycles. The molecule has 13 nitrogen and oxygen atoms in total. The third-order valence-electron chi connectivity index (χ3n) is 8.18. The van der Waals surface area contributed by atoms with Gasteiger partial charge in [-0.25, -0.2) is 9.18 Å². The van der Waals surface area contributed by atoms with E-state index in [1.54, 1.807) is 52.2 Å². The van der Waals surface area contributed by atoms with Crippen LogP contribution in [0, 0.1) is 5.82 Å². The second-order valence-electron chi connectivity index (χ2n) is 11.7. The van der Waals surface area contributed by atoms with Gasteiger partial charge < -0.3 is 30.9 Å². The Kier molecular flexibility index (Phi) is 10.1. The molecule has 2 saturated heterocycles. The zero-order chi connectivity index (χ0) is 35.5. The van der Waals surface area contributed by atoms with Crippen molar-refractivity contribution in [1.29, 1.82) is 0 Å². The molecule has 6 rings (SSSR count). The van der Waals surface area contributed by atoms with Gasteiger partial charge in [-0.05, 0) is 60.0 Å². The summed E-state index contributed by atoms with van der Waals surface area (Å²) in [5.74, 6) is -3.85. The van der Waals surface area contributed by atoms with E-state index >= 15 is 0 Å². The van der Waals surface area contributed by atoms with Crippen molar-refractivity contribution in [2.24, 2.45) is 0 Å². The number of aliphatic carboxylic acids is 1. The molecule has 4 heterocycles. The summed E-state index contributed by atoms with van der Waals surface area (Å²) in [5.41, 5.74) is 1.58. The van der Waals surface area contributed by atoms with Crippen molar-refractivity contribution in [1.82, 2.24) is 15.1 Å². The van der Waals surface area contributed by atoms with Crippen LogP contribution in [0.3, 0.4) is 0 Å². The third kappa shape index (κ3) is 7.60. The van der Waals surface area contributed by atoms with Crippen molar-refractivity contribution in [3.8, 4) is 11.5 Å². The molecule has 0 saturated carbocycles. The van der Waals surface area contributed by atoms with E-state index in [0.717, 1.165) is 22.6 Å². The summed E-state index contributed by atoms with van der Waals surface area (Å²) < 4.78 is 15.2. The van der Waals surface area contributed by atoms with Crippen LogP contribution >= 0.6 is 23.5 Å². The first kappa shape index (κ1) is 34.5. The molecule has 3 aliphatic heterocycles. The Hall–Kier alpha value is -5.35. The lowest BCUT2D eigenvalue weighted by Crippen LogP contribution is -2.70. The number of anilines is 1. The molecule has 0 spiro atoms. The van der Waals surface area contributed by atoms with Crippen LogP contribution in [0.5, 0.6) is 11.5 Å². The average molecular weight is 721 g/mol. The maximum atomic E-state index is 13.6. The normalized spacial score (nSPS) is 19.3. The van der Waals surface area contributed by atoms with E-state index < -0.39 is 40.8 Å². The highest BCUT2D eigenvalue weighted by Crippen LogP contribution is 2.41. The number of carbonyl (C=O) groups excluding carboxylic acids is 4. The Morgan fingerprint density at radius 2 is 1.78 bits per heavy atom. The van der Waals surface area contributed by atoms with E-state index in [-0.39, 0.29) is 53.5 Å². The third-order valence-corrected chi connectivity index (χ3v) is 10.5. The lowest BCUT2D eigenvalue weighted by atomic mass is 10.0. The molecule has 3 aromatic rings. The van der Waals surface area contributed by atoms with Gasteiger partial charge >= 0.3 is 5.97 Å². The molecule has 50 heavy (non-hydrogen) atoms. The Morgan fingerprint density at radius 1 is 1.04 bits per heavy atom. The number of hydrogen-bond acceptors (Lipinski definition) is 9. The van der Waals surface area contributed by atoms with Crippen molar-refractivity contribution in [2.45, 2.75) is 35.8 Å². The number of β-lactam (4-membered cyclic amide) rings is 1. The van der Waals surface area contributed by atoms with Crippen LogP contribution in [0.15, 0.2) is 94.8 Å². The molecule has 2 aromatic carbocycles. The van der Waals surface area contributed by atoms with E-state index in [2.05, 4.69) is 10.6 Å². The van der Waals surface area contributed by atoms with E-state index in [1.807, 2.05) is 0 Å². The summed E-state index contributed by atoms with van der Waals surface area (Å²) in [7, 11) is 0. The molecule has 3 aliphatic rings. The van der Waals surface area contributed by atoms with Crippen LogP contribution < -0.4 is 15.2 Å². The largest absolute Gasteiger partial charge is 0.508 e. The highest BCUT2D eigenvalue weighted by atomic mass is 32.2. The highest BCUT2D eigenvalue weighted by molar-refractivity contribution is 8.00. The molecule has 4 amide bonds. The molecule has 0 radical (unpaired) electrons. The van der Waals surface area contributed by atoms with Gasteiger partial charge in [0, 0.05) is 53.2 Å². The zero-order valence-corrected chi connectivity index (χ0v) is 27.9. The monoisotopic (exact) mass is 720 g/mol. The number of nitrogens with zero attached hydrogens (tertiary/aromatic N) is 3. The molecule has 0 unspecified atom stereocenters. The van der Waals surface area contributed by atoms with Crippen molar-refractivity contribution in [3.63, 3.8) is 0 Å². The highest BCUT2D eigenvalue weighted by Gasteiger charge is 2.54. The molecule has 16 heteroatoms. The van der Waals surface area contributed by atoms with Gasteiger partial charge in [-0.2, -0.15) is 4.57 Å². The number of nitrogens with one attached hydrogen (secondary N) is 2. The van der Waals surface area contributed by atoms with Crippen LogP contribution in [0.2, 0.25) is 0 Å². The number of carboxylic acid groups (broad SMARTS) is 1. The molecular formula is C34H31FN5O8S2+. The van der Waals surface area contributed by atoms with E-state index in [1.165, 1.54) is 46.6 Å². The van der Waals surface area contributed by atoms with Crippen molar-refractivity contribution >= 4 is 58.8 Å². The number of phenols is 2. The minimum atomic E-state index is -1.30. The van der Waals surface area contributed by atoms with E-state index in [0.29, 0.717) is 24.1 Å². The summed E-state index contributed by atoms with van der Waals surface area (Å²) >= 11 is 2.55. The number of fused-ring (bicyclic) bond motifs is 1. The van der Waals surface area contributed by atoms with Gasteiger partial charge in [-0.3, -0.25) is 24.1 Å². The summed E-state index contributed by atoms with van der Waals surface area (Å²) in [6.07, 6.45) is 5.30. The number of allylic oxidation sites excluding steroid dienone is 1. The topological polar surface area (TPSA) is 180 Å². The molecule has 0 aliphatic carbocycles. The van der Waals surface area contributed by atoms with Gasteiger partial charge in [0.15, 0.2) is 24.0 Å². The number of rotatable bonds is 11. The van der Waals surface area contributed by atoms with Gasteiger partial charge in [0.05, 0.1) is 5.75 Å². The number of carbonyl (C=O) groups is 5. The fourth-order valence-electron chi connectivity index (χ4n) is 5.69. The second-order valence-corrected chi connectivity index (χ2v) is 13.8. The number of halogens is 1. The molecule has 5 N–H and O–H groups in total. The Labute approximate surface area is 293 Å². The standard InChI is InChI=1S/C34H30FN5O8S2/c35-25-14-22(1-6-26(25)42)36-27(43)16-38-10-7-19(8-11-38)15-39-12-9-20(31(39)45)13-21-17-50-33-29(32(46)40(33)30(21)34(47)48)37-28(44)18-49-24-4-2-23(41)3-5-24/h1-8,10-11,13-14,29,33H,9,12,15-18H2,(H4-,36,37,41,42,43,44,47,48)/p+1/t29-,33-/m1/s1. The minimum Gasteiger partial charge on any atom is -0.508 e. The molecular weight excluding hydrogens is 690 g/mol. The van der Waals surface area contributed by atoms with Crippen molar-refractivity contribution in [2.75, 3.05) is 23.4 Å². The number of hydrogen-bond donors (Lipinski definition) is 5. The first-order valence-electron chi connectivity index (χ1n) is 15.4. The van der Waals surface area contributed by atoms with Crippen LogP contribution in [0.4, 0.5) is 10.1 Å². The summed E-state index contributed by atoms with van der Waals surface area (Å²) in [6.45, 7) is 0.648. The number of pyridine rings is 1. The minimum absolute atomic E-state index is 0.0367. The first-order valence-corrected chi connectivity index (χ1v) is 17.4. The van der Waals surface area contributed by atoms with Gasteiger partial charge in [0.1, 0.15) is 22.9 Å². The number of phenolic OH excluding ortho intramolecular Hbond substituents is 2.